The van der Waals surface area contributed by atoms with Crippen LogP contribution in [0, 0.1) is 0 Å². The fraction of sp³-hybridized carbons (Fsp3) is 0.778. The van der Waals surface area contributed by atoms with Crippen LogP contribution in [0.4, 0.5) is 0 Å². The second kappa shape index (κ2) is 8.78. The van der Waals surface area contributed by atoms with Gasteiger partial charge in [-0.05, 0) is 45.2 Å². The Hall–Kier alpha value is -1.44. The standard InChI is InChI=1S/C18H30N4O3/c1-2-7-21-9-5-14(6-10-21)19-18(24)17-11-16(25-20-17)13-22-8-3-4-15(23)12-22/h11,14-15,23H,2-10,12-13H2,1H3,(H,19,24)/t15-/m0/s1. The maximum absolute atomic E-state index is 12.4. The van der Waals surface area contributed by atoms with Gasteiger partial charge in [0, 0.05) is 31.7 Å². The van der Waals surface area contributed by atoms with Gasteiger partial charge >= 0.3 is 0 Å². The summed E-state index contributed by atoms with van der Waals surface area (Å²) in [4.78, 5) is 17.0. The lowest BCUT2D eigenvalue weighted by molar-refractivity contribution is 0.0622. The first-order valence-corrected chi connectivity index (χ1v) is 9.53. The minimum atomic E-state index is -0.266. The number of piperidine rings is 2. The molecule has 1 aromatic rings. The van der Waals surface area contributed by atoms with Gasteiger partial charge in [-0.3, -0.25) is 9.69 Å². The number of nitrogens with one attached hydrogen (secondary N) is 1. The summed E-state index contributed by atoms with van der Waals surface area (Å²) in [7, 11) is 0. The molecule has 3 rings (SSSR count). The van der Waals surface area contributed by atoms with Crippen LogP contribution in [0.25, 0.3) is 0 Å². The number of aliphatic hydroxyl groups is 1. The Bertz CT molecular complexity index is 554. The third kappa shape index (κ3) is 5.26. The molecule has 0 spiro atoms. The predicted octanol–water partition coefficient (Wildman–Crippen LogP) is 1.24. The van der Waals surface area contributed by atoms with Crippen molar-refractivity contribution in [3.8, 4) is 0 Å². The number of hydrogen-bond acceptors (Lipinski definition) is 6. The molecule has 2 aliphatic rings. The quantitative estimate of drug-likeness (QED) is 0.803. The van der Waals surface area contributed by atoms with E-state index in [1.165, 1.54) is 6.42 Å². The summed E-state index contributed by atoms with van der Waals surface area (Å²) in [5, 5.41) is 16.7. The van der Waals surface area contributed by atoms with Crippen LogP contribution in [0.5, 0.6) is 0 Å². The average molecular weight is 350 g/mol. The van der Waals surface area contributed by atoms with Gasteiger partial charge in [-0.1, -0.05) is 12.1 Å². The molecule has 0 aliphatic carbocycles. The first-order chi connectivity index (χ1) is 12.1. The van der Waals surface area contributed by atoms with Crippen LogP contribution >= 0.6 is 0 Å². The Morgan fingerprint density at radius 2 is 2.12 bits per heavy atom. The lowest BCUT2D eigenvalue weighted by atomic mass is 10.0. The number of aromatic nitrogens is 1. The van der Waals surface area contributed by atoms with Crippen molar-refractivity contribution in [1.29, 1.82) is 0 Å². The fourth-order valence-electron chi connectivity index (χ4n) is 3.77. The average Bonchev–Trinajstić information content (AvgIpc) is 3.05. The SMILES string of the molecule is CCCN1CCC(NC(=O)c2cc(CN3CCC[C@H](O)C3)on2)CC1. The summed E-state index contributed by atoms with van der Waals surface area (Å²) in [6.07, 6.45) is 4.73. The summed E-state index contributed by atoms with van der Waals surface area (Å²) < 4.78 is 5.32. The predicted molar refractivity (Wildman–Crippen MR) is 94.2 cm³/mol. The molecule has 1 atom stereocenters. The van der Waals surface area contributed by atoms with Gasteiger partial charge in [-0.15, -0.1) is 0 Å². The van der Waals surface area contributed by atoms with Crippen molar-refractivity contribution in [2.45, 2.75) is 57.7 Å². The molecule has 2 N–H and O–H groups in total. The van der Waals surface area contributed by atoms with Crippen molar-refractivity contribution in [1.82, 2.24) is 20.3 Å². The van der Waals surface area contributed by atoms with Gasteiger partial charge < -0.3 is 19.8 Å². The minimum absolute atomic E-state index is 0.150. The van der Waals surface area contributed by atoms with E-state index in [2.05, 4.69) is 27.2 Å². The van der Waals surface area contributed by atoms with Crippen LogP contribution in [0.1, 0.15) is 55.3 Å². The normalized spacial score (nSPS) is 23.7. The van der Waals surface area contributed by atoms with E-state index in [9.17, 15) is 9.90 Å². The lowest BCUT2D eigenvalue weighted by Gasteiger charge is -2.31. The molecule has 2 fully saturated rings. The van der Waals surface area contributed by atoms with Gasteiger partial charge in [-0.2, -0.15) is 0 Å². The summed E-state index contributed by atoms with van der Waals surface area (Å²) in [5.74, 6) is 0.527. The zero-order valence-electron chi connectivity index (χ0n) is 15.1. The van der Waals surface area contributed by atoms with E-state index in [0.29, 0.717) is 24.5 Å². The van der Waals surface area contributed by atoms with Gasteiger partial charge in [-0.25, -0.2) is 0 Å². The van der Waals surface area contributed by atoms with Crippen molar-refractivity contribution in [2.75, 3.05) is 32.7 Å². The number of β-amino-alcohol motifs (C(OH)–C–C–N with tert-alkyl or cyclic N) is 1. The Morgan fingerprint density at radius 3 is 2.84 bits per heavy atom. The number of hydrogen-bond donors (Lipinski definition) is 2. The first kappa shape index (κ1) is 18.4. The number of carbonyl (C=O) groups excluding carboxylic acids is 1. The zero-order chi connectivity index (χ0) is 17.6. The number of rotatable bonds is 6. The number of likely N-dealkylation sites (tertiary alicyclic amines) is 2. The Labute approximate surface area is 149 Å². The Balaban J connectivity index is 1.46. The zero-order valence-corrected chi connectivity index (χ0v) is 15.1. The van der Waals surface area contributed by atoms with E-state index in [4.69, 9.17) is 4.52 Å². The lowest BCUT2D eigenvalue weighted by Crippen LogP contribution is -2.44. The molecule has 25 heavy (non-hydrogen) atoms. The van der Waals surface area contributed by atoms with Gasteiger partial charge in [0.1, 0.15) is 0 Å². The molecule has 7 heteroatoms. The van der Waals surface area contributed by atoms with E-state index < -0.39 is 0 Å². The van der Waals surface area contributed by atoms with Crippen LogP contribution in [0.3, 0.4) is 0 Å². The maximum Gasteiger partial charge on any atom is 0.273 e. The molecule has 2 saturated heterocycles. The highest BCUT2D eigenvalue weighted by Gasteiger charge is 2.23. The molecular weight excluding hydrogens is 320 g/mol. The highest BCUT2D eigenvalue weighted by molar-refractivity contribution is 5.92. The Morgan fingerprint density at radius 1 is 1.32 bits per heavy atom. The van der Waals surface area contributed by atoms with Crippen molar-refractivity contribution in [3.63, 3.8) is 0 Å². The summed E-state index contributed by atoms with van der Waals surface area (Å²) in [5.41, 5.74) is 0.351. The minimum Gasteiger partial charge on any atom is -0.392 e. The van der Waals surface area contributed by atoms with Gasteiger partial charge in [0.2, 0.25) is 0 Å². The van der Waals surface area contributed by atoms with Crippen LogP contribution in [-0.2, 0) is 6.54 Å². The topological polar surface area (TPSA) is 81.8 Å². The second-order valence-electron chi connectivity index (χ2n) is 7.30. The van der Waals surface area contributed by atoms with E-state index in [-0.39, 0.29) is 18.1 Å². The highest BCUT2D eigenvalue weighted by atomic mass is 16.5. The number of nitrogens with zero attached hydrogens (tertiary/aromatic N) is 3. The fourth-order valence-corrected chi connectivity index (χ4v) is 3.77. The summed E-state index contributed by atoms with van der Waals surface area (Å²) in [6, 6.07) is 1.95. The van der Waals surface area contributed by atoms with Crippen molar-refractivity contribution in [2.24, 2.45) is 0 Å². The van der Waals surface area contributed by atoms with E-state index in [1.54, 1.807) is 6.07 Å². The van der Waals surface area contributed by atoms with Crippen molar-refractivity contribution >= 4 is 5.91 Å². The smallest absolute Gasteiger partial charge is 0.273 e. The first-order valence-electron chi connectivity index (χ1n) is 9.53. The maximum atomic E-state index is 12.4. The number of amides is 1. The van der Waals surface area contributed by atoms with Crippen LogP contribution in [-0.4, -0.2) is 70.8 Å². The molecule has 2 aliphatic heterocycles. The van der Waals surface area contributed by atoms with Crippen LogP contribution in [0.15, 0.2) is 10.6 Å². The number of carbonyl (C=O) groups is 1. The highest BCUT2D eigenvalue weighted by Crippen LogP contribution is 2.15. The molecule has 0 bridgehead atoms. The third-order valence-corrected chi connectivity index (χ3v) is 5.11. The number of aliphatic hydroxyl groups excluding tert-OH is 1. The molecular formula is C18H30N4O3. The molecule has 0 unspecified atom stereocenters. The van der Waals surface area contributed by atoms with E-state index in [0.717, 1.165) is 51.9 Å². The molecule has 140 valence electrons. The van der Waals surface area contributed by atoms with Crippen molar-refractivity contribution < 1.29 is 14.4 Å². The molecule has 0 radical (unpaired) electrons. The molecule has 7 nitrogen and oxygen atoms in total. The molecule has 3 heterocycles. The monoisotopic (exact) mass is 350 g/mol. The second-order valence-corrected chi connectivity index (χ2v) is 7.30. The van der Waals surface area contributed by atoms with E-state index in [1.807, 2.05) is 0 Å². The summed E-state index contributed by atoms with van der Waals surface area (Å²) in [6.45, 7) is 7.60. The Kier molecular flexibility index (Phi) is 6.45. The van der Waals surface area contributed by atoms with Gasteiger partial charge in [0.25, 0.3) is 5.91 Å². The van der Waals surface area contributed by atoms with Gasteiger partial charge in [0.15, 0.2) is 11.5 Å². The largest absolute Gasteiger partial charge is 0.392 e. The molecule has 1 aromatic heterocycles. The van der Waals surface area contributed by atoms with Crippen LogP contribution < -0.4 is 5.32 Å². The molecule has 0 saturated carbocycles. The molecule has 1 amide bonds. The third-order valence-electron chi connectivity index (χ3n) is 5.11. The van der Waals surface area contributed by atoms with Crippen molar-refractivity contribution in [3.05, 3.63) is 17.5 Å². The van der Waals surface area contributed by atoms with Crippen LogP contribution in [0.2, 0.25) is 0 Å². The summed E-state index contributed by atoms with van der Waals surface area (Å²) >= 11 is 0. The van der Waals surface area contributed by atoms with E-state index >= 15 is 0 Å². The van der Waals surface area contributed by atoms with Gasteiger partial charge in [0.05, 0.1) is 12.6 Å². The molecule has 0 aromatic carbocycles.